The Labute approximate surface area is 161 Å². The van der Waals surface area contributed by atoms with Crippen molar-refractivity contribution in [3.8, 4) is 0 Å². The maximum atomic E-state index is 12.8. The van der Waals surface area contributed by atoms with Crippen LogP contribution >= 0.6 is 27.9 Å². The van der Waals surface area contributed by atoms with Crippen LogP contribution in [0.2, 0.25) is 0 Å². The smallest absolute Gasteiger partial charge is 0.265 e. The molecule has 2 aromatic rings. The van der Waals surface area contributed by atoms with Gasteiger partial charge in [-0.15, -0.1) is 0 Å². The number of carbonyl (C=O) groups is 1. The molecule has 1 aromatic heterocycles. The summed E-state index contributed by atoms with van der Waals surface area (Å²) >= 11 is 4.77. The molecule has 1 aliphatic rings. The number of rotatable bonds is 4. The van der Waals surface area contributed by atoms with Gasteiger partial charge in [0, 0.05) is 17.0 Å². The molecular formula is C19H22BrN3OS. The second kappa shape index (κ2) is 7.38. The molecule has 2 heterocycles. The molecule has 1 fully saturated rings. The second-order valence-electron chi connectivity index (χ2n) is 7.08. The van der Waals surface area contributed by atoms with Crippen LogP contribution in [0.4, 0.5) is 5.82 Å². The molecule has 1 aliphatic heterocycles. The van der Waals surface area contributed by atoms with Gasteiger partial charge in [0.2, 0.25) is 0 Å². The molecule has 132 valence electrons. The molecule has 6 heteroatoms. The van der Waals surface area contributed by atoms with Gasteiger partial charge in [-0.2, -0.15) is 0 Å². The van der Waals surface area contributed by atoms with E-state index >= 15 is 0 Å². The topological polar surface area (TPSA) is 45.2 Å². The Hall–Kier alpha value is -1.53. The number of hydrogen-bond acceptors (Lipinski definition) is 4. The van der Waals surface area contributed by atoms with Crippen LogP contribution in [0.1, 0.15) is 37.6 Å². The summed E-state index contributed by atoms with van der Waals surface area (Å²) in [5.74, 6) is 1.19. The molecule has 0 radical (unpaired) electrons. The number of nitrogens with zero attached hydrogens (tertiary/aromatic N) is 2. The lowest BCUT2D eigenvalue weighted by Gasteiger charge is -2.33. The van der Waals surface area contributed by atoms with Gasteiger partial charge in [-0.1, -0.05) is 25.1 Å². The number of carbonyl (C=O) groups excluding carboxylic acids is 1. The molecule has 1 unspecified atom stereocenters. The normalized spacial score (nSPS) is 19.0. The quantitative estimate of drug-likeness (QED) is 0.564. The molecule has 25 heavy (non-hydrogen) atoms. The first kappa shape index (κ1) is 18.3. The Bertz CT molecular complexity index is 767. The zero-order valence-electron chi connectivity index (χ0n) is 14.6. The minimum absolute atomic E-state index is 0.0190. The largest absolute Gasteiger partial charge is 0.351 e. The molecular weight excluding hydrogens is 398 g/mol. The van der Waals surface area contributed by atoms with Crippen molar-refractivity contribution < 1.29 is 4.79 Å². The molecule has 4 nitrogen and oxygen atoms in total. The van der Waals surface area contributed by atoms with Gasteiger partial charge in [0.25, 0.3) is 5.91 Å². The minimum Gasteiger partial charge on any atom is -0.351 e. The van der Waals surface area contributed by atoms with Crippen molar-refractivity contribution in [3.63, 3.8) is 0 Å². The summed E-state index contributed by atoms with van der Waals surface area (Å²) in [6, 6.07) is 13.5. The van der Waals surface area contributed by atoms with Crippen molar-refractivity contribution in [2.24, 2.45) is 5.92 Å². The maximum Gasteiger partial charge on any atom is 0.265 e. The van der Waals surface area contributed by atoms with Gasteiger partial charge in [0.15, 0.2) is 0 Å². The van der Waals surface area contributed by atoms with Gasteiger partial charge in [0.1, 0.15) is 10.4 Å². The highest BCUT2D eigenvalue weighted by molar-refractivity contribution is 9.10. The van der Waals surface area contributed by atoms with Crippen molar-refractivity contribution >= 4 is 39.6 Å². The monoisotopic (exact) mass is 419 g/mol. The molecule has 1 atom stereocenters. The summed E-state index contributed by atoms with van der Waals surface area (Å²) in [5.41, 5.74) is 0.586. The van der Waals surface area contributed by atoms with E-state index in [1.807, 2.05) is 42.5 Å². The lowest BCUT2D eigenvalue weighted by molar-refractivity contribution is 0.0984. The molecule has 0 spiro atoms. The van der Waals surface area contributed by atoms with E-state index in [1.54, 1.807) is 0 Å². The lowest BCUT2D eigenvalue weighted by Crippen LogP contribution is -2.40. The van der Waals surface area contributed by atoms with E-state index in [0.29, 0.717) is 11.5 Å². The van der Waals surface area contributed by atoms with Crippen LogP contribution < -0.4 is 9.62 Å². The fraction of sp³-hybridized carbons (Fsp3) is 0.368. The summed E-state index contributed by atoms with van der Waals surface area (Å²) in [4.78, 5) is 20.7. The molecule has 1 amide bonds. The average Bonchev–Trinajstić information content (AvgIpc) is 2.85. The van der Waals surface area contributed by atoms with Crippen molar-refractivity contribution in [3.05, 3.63) is 52.6 Å². The summed E-state index contributed by atoms with van der Waals surface area (Å²) in [6.45, 7) is 7.56. The van der Waals surface area contributed by atoms with Crippen LogP contribution in [0.15, 0.2) is 52.0 Å². The van der Waals surface area contributed by atoms with Gasteiger partial charge >= 0.3 is 0 Å². The Morgan fingerprint density at radius 1 is 1.28 bits per heavy atom. The molecule has 0 saturated carbocycles. The Morgan fingerprint density at radius 2 is 2.00 bits per heavy atom. The van der Waals surface area contributed by atoms with Crippen molar-refractivity contribution in [1.82, 2.24) is 9.71 Å². The first-order chi connectivity index (χ1) is 11.9. The van der Waals surface area contributed by atoms with E-state index in [9.17, 15) is 4.79 Å². The summed E-state index contributed by atoms with van der Waals surface area (Å²) in [5, 5.41) is 0. The number of aromatic nitrogens is 1. The van der Waals surface area contributed by atoms with Crippen LogP contribution in [-0.4, -0.2) is 23.0 Å². The first-order valence-corrected chi connectivity index (χ1v) is 9.94. The van der Waals surface area contributed by atoms with E-state index in [1.165, 1.54) is 11.9 Å². The van der Waals surface area contributed by atoms with Crippen molar-refractivity contribution in [1.29, 1.82) is 0 Å². The predicted molar refractivity (Wildman–Crippen MR) is 107 cm³/mol. The maximum absolute atomic E-state index is 12.8. The van der Waals surface area contributed by atoms with E-state index in [0.717, 1.165) is 28.3 Å². The standard InChI is InChI=1S/C19H22BrN3OS/c1-13-11-19(2,3)23(12-13)17-15(9-10-16(20)21-17)18(24)22-25-14-7-5-4-6-8-14/h4-10,13H,11-12H2,1-3H3,(H,22,24). The second-order valence-corrected chi connectivity index (χ2v) is 8.78. The van der Waals surface area contributed by atoms with E-state index in [4.69, 9.17) is 0 Å². The number of amides is 1. The number of nitrogens with one attached hydrogen (secondary N) is 1. The SMILES string of the molecule is CC1CN(c2nc(Br)ccc2C(=O)NSc2ccccc2)C(C)(C)C1. The van der Waals surface area contributed by atoms with Crippen molar-refractivity contribution in [2.45, 2.75) is 37.6 Å². The molecule has 1 N–H and O–H groups in total. The van der Waals surface area contributed by atoms with Crippen molar-refractivity contribution in [2.75, 3.05) is 11.4 Å². The van der Waals surface area contributed by atoms with Gasteiger partial charge in [-0.25, -0.2) is 4.98 Å². The van der Waals surface area contributed by atoms with Crippen LogP contribution in [0, 0.1) is 5.92 Å². The van der Waals surface area contributed by atoms with Crippen LogP contribution in [0.3, 0.4) is 0 Å². The highest BCUT2D eigenvalue weighted by Crippen LogP contribution is 2.37. The highest BCUT2D eigenvalue weighted by Gasteiger charge is 2.38. The first-order valence-electron chi connectivity index (χ1n) is 8.33. The number of anilines is 1. The number of halogens is 1. The van der Waals surface area contributed by atoms with Crippen LogP contribution in [0.5, 0.6) is 0 Å². The fourth-order valence-electron chi connectivity index (χ4n) is 3.42. The van der Waals surface area contributed by atoms with E-state index in [2.05, 4.69) is 51.3 Å². The average molecular weight is 420 g/mol. The summed E-state index contributed by atoms with van der Waals surface area (Å²) in [6.07, 6.45) is 1.08. The van der Waals surface area contributed by atoms with E-state index < -0.39 is 0 Å². The van der Waals surface area contributed by atoms with Gasteiger partial charge in [0.05, 0.1) is 5.56 Å². The number of benzene rings is 1. The number of hydrogen-bond donors (Lipinski definition) is 1. The van der Waals surface area contributed by atoms with Gasteiger partial charge in [-0.05, 0) is 78.3 Å². The third kappa shape index (κ3) is 4.18. The van der Waals surface area contributed by atoms with Crippen LogP contribution in [0.25, 0.3) is 0 Å². The minimum atomic E-state index is -0.126. The Balaban J connectivity index is 1.85. The molecule has 0 bridgehead atoms. The lowest BCUT2D eigenvalue weighted by atomic mass is 9.97. The summed E-state index contributed by atoms with van der Waals surface area (Å²) < 4.78 is 3.67. The summed E-state index contributed by atoms with van der Waals surface area (Å²) in [7, 11) is 0. The fourth-order valence-corrected chi connectivity index (χ4v) is 4.33. The molecule has 1 saturated heterocycles. The molecule has 3 rings (SSSR count). The molecule has 0 aliphatic carbocycles. The van der Waals surface area contributed by atoms with Gasteiger partial charge in [-0.3, -0.25) is 9.52 Å². The van der Waals surface area contributed by atoms with Gasteiger partial charge < -0.3 is 4.90 Å². The Morgan fingerprint density at radius 3 is 2.64 bits per heavy atom. The predicted octanol–water partition coefficient (Wildman–Crippen LogP) is 4.91. The highest BCUT2D eigenvalue weighted by atomic mass is 79.9. The third-order valence-electron chi connectivity index (χ3n) is 4.42. The van der Waals surface area contributed by atoms with E-state index in [-0.39, 0.29) is 11.4 Å². The molecule has 1 aromatic carbocycles. The number of pyridine rings is 1. The zero-order valence-corrected chi connectivity index (χ0v) is 17.0. The van der Waals surface area contributed by atoms with Crippen LogP contribution in [-0.2, 0) is 0 Å². The third-order valence-corrected chi connectivity index (χ3v) is 5.66. The zero-order chi connectivity index (χ0) is 18.0. The Kier molecular flexibility index (Phi) is 5.39.